The molecular formula is C52H37BN2. The topological polar surface area (TPSA) is 8.17 Å². The fourth-order valence-electron chi connectivity index (χ4n) is 10.6. The number of hydrogen-bond acceptors (Lipinski definition) is 1. The Labute approximate surface area is 322 Å². The largest absolute Gasteiger partial charge is 0.376 e. The van der Waals surface area contributed by atoms with Gasteiger partial charge in [0, 0.05) is 44.7 Å². The minimum Gasteiger partial charge on any atom is -0.376 e. The Kier molecular flexibility index (Phi) is 6.29. The maximum atomic E-state index is 2.65. The monoisotopic (exact) mass is 700 g/mol. The molecule has 258 valence electrons. The third-order valence-electron chi connectivity index (χ3n) is 12.9. The van der Waals surface area contributed by atoms with Crippen molar-refractivity contribution in [3.05, 3.63) is 210 Å². The van der Waals surface area contributed by atoms with Crippen LogP contribution in [0.5, 0.6) is 0 Å². The molecule has 0 saturated carbocycles. The summed E-state index contributed by atoms with van der Waals surface area (Å²) in [4.78, 5) is 2.65. The molecule has 0 spiro atoms. The molecule has 0 saturated heterocycles. The number of aromatic nitrogens is 1. The lowest BCUT2D eigenvalue weighted by molar-refractivity contribution is 0.660. The molecule has 12 rings (SSSR count). The molecule has 0 N–H and O–H groups in total. The molecule has 8 aromatic carbocycles. The van der Waals surface area contributed by atoms with Gasteiger partial charge < -0.3 is 9.38 Å². The average Bonchev–Trinajstić information content (AvgIpc) is 3.70. The Morgan fingerprint density at radius 2 is 1.15 bits per heavy atom. The highest BCUT2D eigenvalue weighted by Gasteiger charge is 2.46. The SMILES string of the molecule is CC1(C)c2ccccc2-c2cc3c(cc21)-c1cc(C(c2ccccc2)c2ccccc2)c2c4ccccc4n4c2c1B(c1ccccc1-4)N3c1ccccc1. The molecule has 3 aliphatic rings. The summed E-state index contributed by atoms with van der Waals surface area (Å²) in [5.41, 5.74) is 20.9. The summed E-state index contributed by atoms with van der Waals surface area (Å²) in [5, 5.41) is 2.64. The molecule has 0 atom stereocenters. The number of anilines is 2. The number of nitrogens with zero attached hydrogens (tertiary/aromatic N) is 2. The Morgan fingerprint density at radius 3 is 1.91 bits per heavy atom. The van der Waals surface area contributed by atoms with Crippen molar-refractivity contribution in [1.82, 2.24) is 4.57 Å². The average molecular weight is 701 g/mol. The van der Waals surface area contributed by atoms with Crippen LogP contribution in [0.15, 0.2) is 182 Å². The van der Waals surface area contributed by atoms with E-state index in [4.69, 9.17) is 0 Å². The first kappa shape index (κ1) is 30.8. The summed E-state index contributed by atoms with van der Waals surface area (Å²) >= 11 is 0. The quantitative estimate of drug-likeness (QED) is 0.131. The molecule has 1 aromatic heterocycles. The van der Waals surface area contributed by atoms with Gasteiger partial charge in [0.1, 0.15) is 0 Å². The van der Waals surface area contributed by atoms with Gasteiger partial charge in [0.2, 0.25) is 0 Å². The molecule has 55 heavy (non-hydrogen) atoms. The van der Waals surface area contributed by atoms with Crippen LogP contribution in [-0.2, 0) is 5.41 Å². The molecule has 2 aliphatic heterocycles. The van der Waals surface area contributed by atoms with Crippen LogP contribution in [0.4, 0.5) is 11.4 Å². The van der Waals surface area contributed by atoms with E-state index in [2.05, 4.69) is 205 Å². The molecule has 2 nitrogen and oxygen atoms in total. The van der Waals surface area contributed by atoms with Crippen molar-refractivity contribution >= 4 is 51.0 Å². The summed E-state index contributed by atoms with van der Waals surface area (Å²) in [5.74, 6) is 0.0355. The number of benzene rings is 8. The van der Waals surface area contributed by atoms with E-state index in [0.29, 0.717) is 0 Å². The van der Waals surface area contributed by atoms with Gasteiger partial charge in [-0.1, -0.05) is 153 Å². The lowest BCUT2D eigenvalue weighted by Gasteiger charge is -2.43. The Morgan fingerprint density at radius 1 is 0.509 bits per heavy atom. The Bertz CT molecular complexity index is 2980. The summed E-state index contributed by atoms with van der Waals surface area (Å²) < 4.78 is 2.59. The smallest absolute Gasteiger partial charge is 0.333 e. The second-order valence-electron chi connectivity index (χ2n) is 16.0. The first-order chi connectivity index (χ1) is 27.1. The molecule has 0 radical (unpaired) electrons. The second kappa shape index (κ2) is 11.2. The van der Waals surface area contributed by atoms with Gasteiger partial charge >= 0.3 is 6.85 Å². The van der Waals surface area contributed by atoms with E-state index in [0.717, 1.165) is 0 Å². The predicted molar refractivity (Wildman–Crippen MR) is 231 cm³/mol. The van der Waals surface area contributed by atoms with E-state index < -0.39 is 0 Å². The van der Waals surface area contributed by atoms with Crippen LogP contribution in [-0.4, -0.2) is 11.4 Å². The van der Waals surface area contributed by atoms with Crippen molar-refractivity contribution in [2.24, 2.45) is 0 Å². The normalized spacial score (nSPS) is 14.2. The van der Waals surface area contributed by atoms with Gasteiger partial charge in [-0.3, -0.25) is 0 Å². The number of para-hydroxylation sites is 3. The van der Waals surface area contributed by atoms with Crippen LogP contribution in [0, 0.1) is 0 Å². The molecule has 1 aliphatic carbocycles. The number of hydrogen-bond donors (Lipinski definition) is 0. The van der Waals surface area contributed by atoms with E-state index >= 15 is 0 Å². The predicted octanol–water partition coefficient (Wildman–Crippen LogP) is 11.5. The molecule has 9 aromatic rings. The molecule has 0 bridgehead atoms. The van der Waals surface area contributed by atoms with Gasteiger partial charge in [0.05, 0.1) is 11.0 Å². The van der Waals surface area contributed by atoms with Gasteiger partial charge in [-0.2, -0.15) is 0 Å². The van der Waals surface area contributed by atoms with Crippen molar-refractivity contribution in [2.45, 2.75) is 25.2 Å². The van der Waals surface area contributed by atoms with Crippen LogP contribution >= 0.6 is 0 Å². The molecule has 0 unspecified atom stereocenters. The number of fused-ring (bicyclic) bond motifs is 11. The van der Waals surface area contributed by atoms with E-state index in [1.165, 1.54) is 99.9 Å². The van der Waals surface area contributed by atoms with Gasteiger partial charge in [0.25, 0.3) is 0 Å². The van der Waals surface area contributed by atoms with Gasteiger partial charge in [0.15, 0.2) is 0 Å². The van der Waals surface area contributed by atoms with Crippen molar-refractivity contribution in [3.8, 4) is 27.9 Å². The van der Waals surface area contributed by atoms with Gasteiger partial charge in [-0.25, -0.2) is 0 Å². The van der Waals surface area contributed by atoms with Crippen LogP contribution in [0.2, 0.25) is 0 Å². The summed E-state index contributed by atoms with van der Waals surface area (Å²) in [6.07, 6.45) is 0. The molecule has 0 amide bonds. The highest BCUT2D eigenvalue weighted by molar-refractivity contribution is 6.93. The van der Waals surface area contributed by atoms with Crippen molar-refractivity contribution in [3.63, 3.8) is 0 Å². The minimum absolute atomic E-state index is 0.0240. The first-order valence-electron chi connectivity index (χ1n) is 19.5. The van der Waals surface area contributed by atoms with E-state index in [-0.39, 0.29) is 18.2 Å². The molecular weight excluding hydrogens is 663 g/mol. The fraction of sp³-hybridized carbons (Fsp3) is 0.0769. The fourth-order valence-corrected chi connectivity index (χ4v) is 10.6. The van der Waals surface area contributed by atoms with Crippen LogP contribution in [0.3, 0.4) is 0 Å². The summed E-state index contributed by atoms with van der Waals surface area (Å²) in [6.45, 7) is 4.78. The highest BCUT2D eigenvalue weighted by Crippen LogP contribution is 2.55. The zero-order valence-corrected chi connectivity index (χ0v) is 30.9. The third-order valence-corrected chi connectivity index (χ3v) is 12.9. The van der Waals surface area contributed by atoms with E-state index in [1.54, 1.807) is 0 Å². The zero-order valence-electron chi connectivity index (χ0n) is 30.9. The van der Waals surface area contributed by atoms with Crippen LogP contribution in [0.1, 0.15) is 47.6 Å². The second-order valence-corrected chi connectivity index (χ2v) is 16.0. The van der Waals surface area contributed by atoms with Crippen molar-refractivity contribution in [1.29, 1.82) is 0 Å². The van der Waals surface area contributed by atoms with E-state index in [1.807, 2.05) is 0 Å². The lowest BCUT2D eigenvalue weighted by Crippen LogP contribution is -2.60. The van der Waals surface area contributed by atoms with Crippen LogP contribution < -0.4 is 15.7 Å². The van der Waals surface area contributed by atoms with E-state index in [9.17, 15) is 0 Å². The maximum Gasteiger partial charge on any atom is 0.333 e. The number of rotatable bonds is 4. The first-order valence-corrected chi connectivity index (χ1v) is 19.5. The standard InChI is InChI=1S/C52H37BN2/c1-52(2)42-26-14-12-24-36(42)38-32-47-39(31-43(38)52)40-30-41(48(33-18-6-3-7-19-33)34-20-8-4-9-21-34)49-37-25-13-16-28-45(37)54-46-29-17-15-27-44(46)53(50(40)51(49)54)55(47)35-22-10-5-11-23-35/h3-32,48H,1-2H3. The van der Waals surface area contributed by atoms with Crippen molar-refractivity contribution in [2.75, 3.05) is 4.81 Å². The Hall–Kier alpha value is -6.58. The molecule has 3 heterocycles. The van der Waals surface area contributed by atoms with Crippen LogP contribution in [0.25, 0.3) is 49.7 Å². The highest BCUT2D eigenvalue weighted by atomic mass is 15.1. The van der Waals surface area contributed by atoms with Crippen molar-refractivity contribution < 1.29 is 0 Å². The molecule has 3 heteroatoms. The van der Waals surface area contributed by atoms with Gasteiger partial charge in [-0.05, 0) is 97.9 Å². The minimum atomic E-state index is -0.127. The third kappa shape index (κ3) is 4.10. The Balaban J connectivity index is 1.29. The molecule has 0 fully saturated rings. The summed E-state index contributed by atoms with van der Waals surface area (Å²) in [6, 6.07) is 68.3. The summed E-state index contributed by atoms with van der Waals surface area (Å²) in [7, 11) is 0. The van der Waals surface area contributed by atoms with Gasteiger partial charge in [-0.15, -0.1) is 0 Å². The lowest BCUT2D eigenvalue weighted by atomic mass is 9.43. The maximum absolute atomic E-state index is 2.65. The zero-order chi connectivity index (χ0) is 36.4.